The molecule has 0 spiro atoms. The highest BCUT2D eigenvalue weighted by Crippen LogP contribution is 2.29. The van der Waals surface area contributed by atoms with Crippen LogP contribution < -0.4 is 0 Å². The lowest BCUT2D eigenvalue weighted by molar-refractivity contribution is -0.139. The number of aliphatic carboxylic acids is 1. The Bertz CT molecular complexity index is 545. The number of furan rings is 1. The molecule has 0 saturated carbocycles. The number of hydrogen-bond donors (Lipinski definition) is 1. The van der Waals surface area contributed by atoms with Crippen LogP contribution in [0.2, 0.25) is 5.02 Å². The largest absolute Gasteiger partial charge is 0.481 e. The normalized spacial score (nSPS) is 12.8. The lowest BCUT2D eigenvalue weighted by Gasteiger charge is -2.06. The van der Waals surface area contributed by atoms with Gasteiger partial charge in [-0.15, -0.1) is 0 Å². The van der Waals surface area contributed by atoms with E-state index in [2.05, 4.69) is 0 Å². The van der Waals surface area contributed by atoms with Gasteiger partial charge >= 0.3 is 5.97 Å². The van der Waals surface area contributed by atoms with Gasteiger partial charge in [0.15, 0.2) is 0 Å². The molecule has 2 aromatic rings. The smallest absolute Gasteiger partial charge is 0.314 e. The maximum Gasteiger partial charge on any atom is 0.314 e. The minimum absolute atomic E-state index is 0.497. The van der Waals surface area contributed by atoms with E-state index < -0.39 is 11.9 Å². The quantitative estimate of drug-likeness (QED) is 0.893. The average molecular weight is 253 g/mol. The van der Waals surface area contributed by atoms with E-state index in [9.17, 15) is 4.79 Å². The monoisotopic (exact) mass is 252 g/mol. The molecule has 90 valence electrons. The highest BCUT2D eigenvalue weighted by molar-refractivity contribution is 6.31. The van der Waals surface area contributed by atoms with Crippen LogP contribution >= 0.6 is 11.6 Å². The van der Waals surface area contributed by atoms with Crippen LogP contribution in [-0.2, 0) is 4.79 Å². The van der Waals surface area contributed by atoms with Gasteiger partial charge in [0.1, 0.15) is 17.3 Å². The van der Waals surface area contributed by atoms with Gasteiger partial charge in [-0.05, 0) is 30.7 Å². The van der Waals surface area contributed by atoms with Crippen molar-refractivity contribution in [1.29, 1.82) is 0 Å². The molecule has 2 rings (SSSR count). The van der Waals surface area contributed by atoms with Crippen LogP contribution in [0, 0.1) is 0 Å². The molecule has 1 aromatic carbocycles. The number of hydrogen-bond acceptors (Lipinski definition) is 2. The van der Waals surface area contributed by atoms with Gasteiger partial charge in [-0.1, -0.05) is 24.9 Å². The highest BCUT2D eigenvalue weighted by Gasteiger charge is 2.22. The van der Waals surface area contributed by atoms with E-state index in [0.717, 1.165) is 11.8 Å². The number of carbonyl (C=O) groups is 1. The van der Waals surface area contributed by atoms with Crippen LogP contribution in [0.15, 0.2) is 28.7 Å². The van der Waals surface area contributed by atoms with Gasteiger partial charge in [-0.3, -0.25) is 4.79 Å². The van der Waals surface area contributed by atoms with Crippen molar-refractivity contribution in [1.82, 2.24) is 0 Å². The van der Waals surface area contributed by atoms with Crippen molar-refractivity contribution in [2.45, 2.75) is 25.7 Å². The van der Waals surface area contributed by atoms with Crippen LogP contribution in [0.4, 0.5) is 0 Å². The second-order valence-electron chi connectivity index (χ2n) is 4.01. The molecule has 1 N–H and O–H groups in total. The third-order valence-electron chi connectivity index (χ3n) is 2.72. The number of carboxylic acids is 1. The second-order valence-corrected chi connectivity index (χ2v) is 4.45. The Morgan fingerprint density at radius 2 is 2.24 bits per heavy atom. The molecule has 1 aromatic heterocycles. The molecular formula is C13H13ClO3. The zero-order valence-corrected chi connectivity index (χ0v) is 10.2. The molecule has 3 nitrogen and oxygen atoms in total. The predicted octanol–water partition coefficient (Wildman–Crippen LogP) is 4.05. The topological polar surface area (TPSA) is 50.4 Å². The summed E-state index contributed by atoms with van der Waals surface area (Å²) in [5.74, 6) is -0.931. The number of carboxylic acid groups (broad SMARTS) is 1. The SMILES string of the molecule is CCCC(C(=O)O)c1cc2cc(Cl)ccc2o1. The minimum atomic E-state index is -0.850. The van der Waals surface area contributed by atoms with Gasteiger partial charge < -0.3 is 9.52 Å². The van der Waals surface area contributed by atoms with E-state index >= 15 is 0 Å². The Hall–Kier alpha value is -1.48. The summed E-state index contributed by atoms with van der Waals surface area (Å²) in [5.41, 5.74) is 0.673. The Kier molecular flexibility index (Phi) is 3.38. The number of rotatable bonds is 4. The fourth-order valence-corrected chi connectivity index (χ4v) is 2.06. The third-order valence-corrected chi connectivity index (χ3v) is 2.95. The zero-order valence-electron chi connectivity index (χ0n) is 9.44. The van der Waals surface area contributed by atoms with Crippen LogP contribution in [0.1, 0.15) is 31.4 Å². The van der Waals surface area contributed by atoms with Crippen molar-refractivity contribution in [2.75, 3.05) is 0 Å². The third kappa shape index (κ3) is 2.44. The Morgan fingerprint density at radius 3 is 2.88 bits per heavy atom. The van der Waals surface area contributed by atoms with Gasteiger partial charge in [0.05, 0.1) is 0 Å². The van der Waals surface area contributed by atoms with Crippen molar-refractivity contribution in [2.24, 2.45) is 0 Å². The fraction of sp³-hybridized carbons (Fsp3) is 0.308. The predicted molar refractivity (Wildman–Crippen MR) is 66.5 cm³/mol. The van der Waals surface area contributed by atoms with Crippen LogP contribution in [0.25, 0.3) is 11.0 Å². The molecule has 17 heavy (non-hydrogen) atoms. The van der Waals surface area contributed by atoms with Gasteiger partial charge in [0.2, 0.25) is 0 Å². The molecule has 0 saturated heterocycles. The molecule has 0 bridgehead atoms. The first-order valence-corrected chi connectivity index (χ1v) is 5.91. The molecule has 0 aliphatic carbocycles. The van der Waals surface area contributed by atoms with E-state index in [1.54, 1.807) is 24.3 Å². The van der Waals surface area contributed by atoms with E-state index in [1.165, 1.54) is 0 Å². The minimum Gasteiger partial charge on any atom is -0.481 e. The summed E-state index contributed by atoms with van der Waals surface area (Å²) in [5, 5.41) is 10.6. The number of fused-ring (bicyclic) bond motifs is 1. The van der Waals surface area contributed by atoms with Crippen LogP contribution in [-0.4, -0.2) is 11.1 Å². The van der Waals surface area contributed by atoms with Crippen LogP contribution in [0.5, 0.6) is 0 Å². The molecule has 1 atom stereocenters. The van der Waals surface area contributed by atoms with Gasteiger partial charge in [-0.25, -0.2) is 0 Å². The Morgan fingerprint density at radius 1 is 1.47 bits per heavy atom. The summed E-state index contributed by atoms with van der Waals surface area (Å²) >= 11 is 5.87. The molecular weight excluding hydrogens is 240 g/mol. The molecule has 0 radical (unpaired) electrons. The summed E-state index contributed by atoms with van der Waals surface area (Å²) in [4.78, 5) is 11.1. The highest BCUT2D eigenvalue weighted by atomic mass is 35.5. The second kappa shape index (κ2) is 4.80. The summed E-state index contributed by atoms with van der Waals surface area (Å²) in [6.07, 6.45) is 1.37. The van der Waals surface area contributed by atoms with Crippen molar-refractivity contribution >= 4 is 28.5 Å². The van der Waals surface area contributed by atoms with Crippen molar-refractivity contribution in [3.8, 4) is 0 Å². The molecule has 1 heterocycles. The molecule has 1 unspecified atom stereocenters. The zero-order chi connectivity index (χ0) is 12.4. The molecule has 0 aliphatic heterocycles. The first-order valence-electron chi connectivity index (χ1n) is 5.53. The number of halogens is 1. The lowest BCUT2D eigenvalue weighted by Crippen LogP contribution is -2.10. The summed E-state index contributed by atoms with van der Waals surface area (Å²) < 4.78 is 5.56. The van der Waals surface area contributed by atoms with Crippen molar-refractivity contribution in [3.63, 3.8) is 0 Å². The molecule has 0 aliphatic rings. The maximum absolute atomic E-state index is 11.1. The summed E-state index contributed by atoms with van der Waals surface area (Å²) in [7, 11) is 0. The number of benzene rings is 1. The molecule has 0 amide bonds. The molecule has 0 fully saturated rings. The first kappa shape index (κ1) is 12.0. The van der Waals surface area contributed by atoms with Gasteiger partial charge in [0, 0.05) is 10.4 Å². The van der Waals surface area contributed by atoms with Crippen LogP contribution in [0.3, 0.4) is 0 Å². The van der Waals surface area contributed by atoms with E-state index in [1.807, 2.05) is 6.92 Å². The van der Waals surface area contributed by atoms with E-state index in [4.69, 9.17) is 21.1 Å². The Balaban J connectivity index is 2.43. The lowest BCUT2D eigenvalue weighted by atomic mass is 10.0. The first-order chi connectivity index (χ1) is 8.11. The average Bonchev–Trinajstić information content (AvgIpc) is 2.67. The van der Waals surface area contributed by atoms with E-state index in [0.29, 0.717) is 22.8 Å². The standard InChI is InChI=1S/C13H13ClO3/c1-2-3-10(13(15)16)12-7-8-6-9(14)4-5-11(8)17-12/h4-7,10H,2-3H2,1H3,(H,15,16). The van der Waals surface area contributed by atoms with Gasteiger partial charge in [0.25, 0.3) is 0 Å². The summed E-state index contributed by atoms with van der Waals surface area (Å²) in [6, 6.07) is 7.02. The van der Waals surface area contributed by atoms with Crippen molar-refractivity contribution < 1.29 is 14.3 Å². The van der Waals surface area contributed by atoms with E-state index in [-0.39, 0.29) is 0 Å². The van der Waals surface area contributed by atoms with Gasteiger partial charge in [-0.2, -0.15) is 0 Å². The van der Waals surface area contributed by atoms with Crippen molar-refractivity contribution in [3.05, 3.63) is 35.0 Å². The molecule has 4 heteroatoms. The summed E-state index contributed by atoms with van der Waals surface area (Å²) in [6.45, 7) is 1.95. The fourth-order valence-electron chi connectivity index (χ4n) is 1.88. The maximum atomic E-state index is 11.1. The Labute approximate surface area is 104 Å².